The molecule has 1 N–H and O–H groups in total. The maximum absolute atomic E-state index is 12.7. The predicted octanol–water partition coefficient (Wildman–Crippen LogP) is 3.10. The van der Waals surface area contributed by atoms with Crippen LogP contribution in [-0.2, 0) is 14.8 Å². The number of halogens is 2. The van der Waals surface area contributed by atoms with E-state index in [9.17, 15) is 13.2 Å². The van der Waals surface area contributed by atoms with Gasteiger partial charge in [-0.2, -0.15) is 0 Å². The Balaban J connectivity index is 1.71. The molecule has 0 saturated heterocycles. The summed E-state index contributed by atoms with van der Waals surface area (Å²) >= 11 is 12.1. The van der Waals surface area contributed by atoms with Crippen LogP contribution in [-0.4, -0.2) is 45.9 Å². The Morgan fingerprint density at radius 1 is 1.24 bits per heavy atom. The van der Waals surface area contributed by atoms with Crippen LogP contribution in [0.5, 0.6) is 11.5 Å². The summed E-state index contributed by atoms with van der Waals surface area (Å²) in [5.74, 6) is 0.728. The van der Waals surface area contributed by atoms with Gasteiger partial charge in [-0.1, -0.05) is 35.3 Å². The van der Waals surface area contributed by atoms with Crippen LogP contribution in [0, 0.1) is 0 Å². The largest absolute Gasteiger partial charge is 0.486 e. The molecule has 0 aliphatic carbocycles. The third-order valence-corrected chi connectivity index (χ3v) is 6.09. The number of para-hydroxylation sites is 2. The zero-order valence-electron chi connectivity index (χ0n) is 15.8. The van der Waals surface area contributed by atoms with Crippen LogP contribution in [0.4, 0.5) is 5.69 Å². The second-order valence-electron chi connectivity index (χ2n) is 6.57. The van der Waals surface area contributed by atoms with Gasteiger partial charge >= 0.3 is 0 Å². The van der Waals surface area contributed by atoms with Crippen molar-refractivity contribution in [3.8, 4) is 11.5 Å². The standard InChI is InChI=1S/C19H20Cl2N2O5S/c1-12(23(29(2,25)26)16-9-13(20)7-8-15(16)21)19(24)22-10-14-11-27-17-5-3-4-6-18(17)28-14/h3-9,12,14H,10-11H2,1-2H3,(H,22,24). The van der Waals surface area contributed by atoms with E-state index in [0.29, 0.717) is 16.5 Å². The monoisotopic (exact) mass is 458 g/mol. The summed E-state index contributed by atoms with van der Waals surface area (Å²) in [7, 11) is -3.81. The highest BCUT2D eigenvalue weighted by Gasteiger charge is 2.31. The number of carbonyl (C=O) groups is 1. The van der Waals surface area contributed by atoms with Gasteiger partial charge < -0.3 is 14.8 Å². The van der Waals surface area contributed by atoms with Crippen molar-refractivity contribution in [2.75, 3.05) is 23.7 Å². The molecule has 2 aromatic rings. The van der Waals surface area contributed by atoms with Crippen LogP contribution in [0.25, 0.3) is 0 Å². The van der Waals surface area contributed by atoms with Crippen molar-refractivity contribution in [3.05, 3.63) is 52.5 Å². The van der Waals surface area contributed by atoms with Crippen LogP contribution in [0.15, 0.2) is 42.5 Å². The average molecular weight is 459 g/mol. The van der Waals surface area contributed by atoms with Crippen molar-refractivity contribution in [1.29, 1.82) is 0 Å². The van der Waals surface area contributed by atoms with E-state index < -0.39 is 28.1 Å². The van der Waals surface area contributed by atoms with Gasteiger partial charge in [0, 0.05) is 5.02 Å². The summed E-state index contributed by atoms with van der Waals surface area (Å²) in [4.78, 5) is 12.7. The van der Waals surface area contributed by atoms with Crippen LogP contribution < -0.4 is 19.1 Å². The highest BCUT2D eigenvalue weighted by Crippen LogP contribution is 2.33. The molecule has 0 fully saturated rings. The summed E-state index contributed by atoms with van der Waals surface area (Å²) in [5, 5.41) is 3.18. The summed E-state index contributed by atoms with van der Waals surface area (Å²) < 4.78 is 37.1. The van der Waals surface area contributed by atoms with E-state index in [-0.39, 0.29) is 23.9 Å². The average Bonchev–Trinajstić information content (AvgIpc) is 2.67. The maximum atomic E-state index is 12.7. The third kappa shape index (κ3) is 5.07. The summed E-state index contributed by atoms with van der Waals surface area (Å²) in [6.07, 6.45) is 0.603. The van der Waals surface area contributed by atoms with E-state index in [1.54, 1.807) is 12.1 Å². The first-order valence-electron chi connectivity index (χ1n) is 8.77. The first-order chi connectivity index (χ1) is 13.7. The number of benzene rings is 2. The topological polar surface area (TPSA) is 84.9 Å². The Hall–Kier alpha value is -2.16. The molecular weight excluding hydrogens is 439 g/mol. The first-order valence-corrected chi connectivity index (χ1v) is 11.4. The molecule has 2 aromatic carbocycles. The number of carbonyl (C=O) groups excluding carboxylic acids is 1. The molecular formula is C19H20Cl2N2O5S. The minimum Gasteiger partial charge on any atom is -0.486 e. The number of rotatable bonds is 6. The van der Waals surface area contributed by atoms with Gasteiger partial charge in [-0.25, -0.2) is 8.42 Å². The number of anilines is 1. The molecule has 1 aliphatic rings. The minimum absolute atomic E-state index is 0.135. The SMILES string of the molecule is CC(C(=O)NCC1COc2ccccc2O1)N(c1cc(Cl)ccc1Cl)S(C)(=O)=O. The van der Waals surface area contributed by atoms with Gasteiger partial charge in [0.15, 0.2) is 11.5 Å². The van der Waals surface area contributed by atoms with Crippen LogP contribution in [0.3, 0.4) is 0 Å². The maximum Gasteiger partial charge on any atom is 0.243 e. The number of hydrogen-bond donors (Lipinski definition) is 1. The molecule has 1 amide bonds. The Morgan fingerprint density at radius 2 is 1.93 bits per heavy atom. The van der Waals surface area contributed by atoms with Crippen molar-refractivity contribution >= 4 is 44.8 Å². The van der Waals surface area contributed by atoms with Gasteiger partial charge in [-0.15, -0.1) is 0 Å². The molecule has 156 valence electrons. The van der Waals surface area contributed by atoms with Crippen molar-refractivity contribution in [2.24, 2.45) is 0 Å². The number of sulfonamides is 1. The summed E-state index contributed by atoms with van der Waals surface area (Å²) in [6.45, 7) is 1.89. The molecule has 3 rings (SSSR count). The Bertz CT molecular complexity index is 1020. The van der Waals surface area contributed by atoms with E-state index in [2.05, 4.69) is 5.32 Å². The fourth-order valence-electron chi connectivity index (χ4n) is 2.96. The lowest BCUT2D eigenvalue weighted by molar-refractivity contribution is -0.122. The Morgan fingerprint density at radius 3 is 2.62 bits per heavy atom. The number of ether oxygens (including phenoxy) is 2. The molecule has 0 saturated carbocycles. The predicted molar refractivity (Wildman–Crippen MR) is 113 cm³/mol. The molecule has 1 heterocycles. The van der Waals surface area contributed by atoms with Crippen LogP contribution in [0.1, 0.15) is 6.92 Å². The van der Waals surface area contributed by atoms with Crippen molar-refractivity contribution < 1.29 is 22.7 Å². The first kappa shape index (κ1) is 21.5. The normalized spacial score (nSPS) is 16.8. The number of nitrogens with one attached hydrogen (secondary N) is 1. The lowest BCUT2D eigenvalue weighted by atomic mass is 10.2. The quantitative estimate of drug-likeness (QED) is 0.718. The summed E-state index contributed by atoms with van der Waals surface area (Å²) in [5.41, 5.74) is 0.135. The second-order valence-corrected chi connectivity index (χ2v) is 9.28. The van der Waals surface area contributed by atoms with Crippen molar-refractivity contribution in [2.45, 2.75) is 19.1 Å². The molecule has 10 heteroatoms. The van der Waals surface area contributed by atoms with Crippen molar-refractivity contribution in [1.82, 2.24) is 5.32 Å². The number of nitrogens with zero attached hydrogens (tertiary/aromatic N) is 1. The van der Waals surface area contributed by atoms with Gasteiger partial charge in [0.2, 0.25) is 15.9 Å². The van der Waals surface area contributed by atoms with Crippen LogP contribution in [0.2, 0.25) is 10.0 Å². The van der Waals surface area contributed by atoms with E-state index in [0.717, 1.165) is 10.6 Å². The van der Waals surface area contributed by atoms with Gasteiger partial charge in [0.1, 0.15) is 18.8 Å². The smallest absolute Gasteiger partial charge is 0.243 e. The van der Waals surface area contributed by atoms with Gasteiger partial charge in [0.05, 0.1) is 23.5 Å². The zero-order valence-corrected chi connectivity index (χ0v) is 18.1. The molecule has 1 aliphatic heterocycles. The molecule has 2 unspecified atom stereocenters. The molecule has 0 spiro atoms. The van der Waals surface area contributed by atoms with Crippen LogP contribution >= 0.6 is 23.2 Å². The minimum atomic E-state index is -3.81. The Labute approximate surface area is 179 Å². The van der Waals surface area contributed by atoms with Crippen molar-refractivity contribution in [3.63, 3.8) is 0 Å². The third-order valence-electron chi connectivity index (χ3n) is 4.31. The fourth-order valence-corrected chi connectivity index (χ4v) is 4.57. The molecule has 0 radical (unpaired) electrons. The van der Waals surface area contributed by atoms with E-state index in [1.165, 1.54) is 25.1 Å². The van der Waals surface area contributed by atoms with Gasteiger partial charge in [-0.3, -0.25) is 9.10 Å². The van der Waals surface area contributed by atoms with E-state index in [4.69, 9.17) is 32.7 Å². The van der Waals surface area contributed by atoms with Gasteiger partial charge in [-0.05, 0) is 37.3 Å². The summed E-state index contributed by atoms with van der Waals surface area (Å²) in [6, 6.07) is 10.6. The molecule has 0 bridgehead atoms. The second kappa shape index (κ2) is 8.69. The number of hydrogen-bond acceptors (Lipinski definition) is 5. The molecule has 2 atom stereocenters. The van der Waals surface area contributed by atoms with E-state index >= 15 is 0 Å². The number of amides is 1. The number of fused-ring (bicyclic) bond motifs is 1. The molecule has 7 nitrogen and oxygen atoms in total. The lowest BCUT2D eigenvalue weighted by Gasteiger charge is -2.30. The molecule has 29 heavy (non-hydrogen) atoms. The highest BCUT2D eigenvalue weighted by molar-refractivity contribution is 7.92. The molecule has 0 aromatic heterocycles. The zero-order chi connectivity index (χ0) is 21.2. The highest BCUT2D eigenvalue weighted by atomic mass is 35.5. The fraction of sp³-hybridized carbons (Fsp3) is 0.316. The van der Waals surface area contributed by atoms with E-state index in [1.807, 2.05) is 12.1 Å². The van der Waals surface area contributed by atoms with Gasteiger partial charge in [0.25, 0.3) is 0 Å². The Kier molecular flexibility index (Phi) is 6.45. The lowest BCUT2D eigenvalue weighted by Crippen LogP contribution is -2.50.